The summed E-state index contributed by atoms with van der Waals surface area (Å²) in [5.41, 5.74) is 0. The van der Waals surface area contributed by atoms with E-state index in [2.05, 4.69) is 17.6 Å². The second kappa shape index (κ2) is 6.95. The number of nitrogens with one attached hydrogen (secondary N) is 2. The number of hydrogen-bond acceptors (Lipinski definition) is 3. The second-order valence-corrected chi connectivity index (χ2v) is 5.16. The number of carbonyl (C=O) groups excluding carboxylic acids is 1. The maximum Gasteiger partial charge on any atom is 0.317 e. The van der Waals surface area contributed by atoms with Gasteiger partial charge in [0.1, 0.15) is 0 Å². The van der Waals surface area contributed by atoms with Gasteiger partial charge in [-0.2, -0.15) is 0 Å². The summed E-state index contributed by atoms with van der Waals surface area (Å²) in [7, 11) is 0. The minimum atomic E-state index is 0.0560. The molecule has 0 aromatic heterocycles. The van der Waals surface area contributed by atoms with E-state index in [-0.39, 0.29) is 6.03 Å². The van der Waals surface area contributed by atoms with E-state index in [4.69, 9.17) is 4.74 Å². The van der Waals surface area contributed by atoms with Crippen LogP contribution in [0.2, 0.25) is 0 Å². The molecule has 5 nitrogen and oxygen atoms in total. The molecule has 2 amide bonds. The van der Waals surface area contributed by atoms with E-state index in [9.17, 15) is 4.79 Å². The molecule has 0 aliphatic carbocycles. The van der Waals surface area contributed by atoms with Crippen LogP contribution < -0.4 is 10.6 Å². The molecular formula is C13H25N3O2. The maximum absolute atomic E-state index is 12.0. The summed E-state index contributed by atoms with van der Waals surface area (Å²) < 4.78 is 5.24. The Bertz CT molecular complexity index is 267. The van der Waals surface area contributed by atoms with E-state index in [0.717, 1.165) is 13.1 Å². The minimum absolute atomic E-state index is 0.0560. The van der Waals surface area contributed by atoms with Crippen LogP contribution in [0.25, 0.3) is 0 Å². The smallest absolute Gasteiger partial charge is 0.317 e. The van der Waals surface area contributed by atoms with Crippen molar-refractivity contribution in [1.29, 1.82) is 0 Å². The van der Waals surface area contributed by atoms with Crippen molar-refractivity contribution in [3.8, 4) is 0 Å². The number of ether oxygens (including phenoxy) is 1. The lowest BCUT2D eigenvalue weighted by Gasteiger charge is -2.33. The predicted molar refractivity (Wildman–Crippen MR) is 70.6 cm³/mol. The Labute approximate surface area is 109 Å². The van der Waals surface area contributed by atoms with Gasteiger partial charge in [0.05, 0.1) is 13.2 Å². The standard InChI is InChI=1S/C13H25N3O2/c1-2-11-4-3-5-14-12(11)10-15-13(17)16-6-8-18-9-7-16/h11-12,14H,2-10H2,1H3,(H,15,17). The van der Waals surface area contributed by atoms with Gasteiger partial charge in [-0.3, -0.25) is 0 Å². The zero-order chi connectivity index (χ0) is 12.8. The van der Waals surface area contributed by atoms with Gasteiger partial charge in [-0.05, 0) is 25.3 Å². The lowest BCUT2D eigenvalue weighted by atomic mass is 9.89. The predicted octanol–water partition coefficient (Wildman–Crippen LogP) is 0.806. The third-order valence-corrected chi connectivity index (χ3v) is 4.02. The fraction of sp³-hybridized carbons (Fsp3) is 0.923. The first-order valence-electron chi connectivity index (χ1n) is 7.15. The van der Waals surface area contributed by atoms with Crippen LogP contribution in [0.3, 0.4) is 0 Å². The van der Waals surface area contributed by atoms with Gasteiger partial charge < -0.3 is 20.3 Å². The van der Waals surface area contributed by atoms with Gasteiger partial charge in [-0.15, -0.1) is 0 Å². The highest BCUT2D eigenvalue weighted by Gasteiger charge is 2.24. The molecule has 5 heteroatoms. The fourth-order valence-corrected chi connectivity index (χ4v) is 2.82. The van der Waals surface area contributed by atoms with Crippen molar-refractivity contribution in [3.63, 3.8) is 0 Å². The zero-order valence-corrected chi connectivity index (χ0v) is 11.3. The van der Waals surface area contributed by atoms with Crippen molar-refractivity contribution >= 4 is 6.03 Å². The summed E-state index contributed by atoms with van der Waals surface area (Å²) in [5.74, 6) is 0.698. The summed E-state index contributed by atoms with van der Waals surface area (Å²) in [5, 5.41) is 6.58. The highest BCUT2D eigenvalue weighted by molar-refractivity contribution is 5.74. The average Bonchev–Trinajstić information content (AvgIpc) is 2.46. The molecule has 2 N–H and O–H groups in total. The van der Waals surface area contributed by atoms with Crippen LogP contribution >= 0.6 is 0 Å². The lowest BCUT2D eigenvalue weighted by Crippen LogP contribution is -2.52. The summed E-state index contributed by atoms with van der Waals surface area (Å²) in [6.45, 7) is 6.79. The quantitative estimate of drug-likeness (QED) is 0.784. The maximum atomic E-state index is 12.0. The Kier molecular flexibility index (Phi) is 5.26. The van der Waals surface area contributed by atoms with E-state index in [1.165, 1.54) is 19.3 Å². The SMILES string of the molecule is CCC1CCCNC1CNC(=O)N1CCOCC1. The van der Waals surface area contributed by atoms with Crippen LogP contribution in [0, 0.1) is 5.92 Å². The molecule has 2 aliphatic rings. The van der Waals surface area contributed by atoms with Gasteiger partial charge in [0.15, 0.2) is 0 Å². The van der Waals surface area contributed by atoms with Gasteiger partial charge >= 0.3 is 6.03 Å². The Morgan fingerprint density at radius 3 is 2.94 bits per heavy atom. The summed E-state index contributed by atoms with van der Waals surface area (Å²) in [4.78, 5) is 13.8. The number of amides is 2. The molecule has 0 saturated carbocycles. The van der Waals surface area contributed by atoms with Crippen molar-refractivity contribution in [2.75, 3.05) is 39.4 Å². The molecule has 0 aromatic rings. The number of urea groups is 1. The molecule has 0 radical (unpaired) electrons. The molecule has 2 fully saturated rings. The third kappa shape index (κ3) is 3.59. The molecule has 104 valence electrons. The van der Waals surface area contributed by atoms with Crippen LogP contribution in [-0.4, -0.2) is 56.4 Å². The molecule has 0 spiro atoms. The van der Waals surface area contributed by atoms with Crippen molar-refractivity contribution in [3.05, 3.63) is 0 Å². The number of hydrogen-bond donors (Lipinski definition) is 2. The van der Waals surface area contributed by atoms with Crippen molar-refractivity contribution in [2.24, 2.45) is 5.92 Å². The highest BCUT2D eigenvalue weighted by Crippen LogP contribution is 2.19. The van der Waals surface area contributed by atoms with Crippen molar-refractivity contribution in [1.82, 2.24) is 15.5 Å². The molecule has 0 bridgehead atoms. The van der Waals surface area contributed by atoms with Crippen LogP contribution in [0.4, 0.5) is 4.79 Å². The lowest BCUT2D eigenvalue weighted by molar-refractivity contribution is 0.0528. The van der Waals surface area contributed by atoms with E-state index < -0.39 is 0 Å². The van der Waals surface area contributed by atoms with Gasteiger partial charge in [-0.25, -0.2) is 4.79 Å². The first-order chi connectivity index (χ1) is 8.81. The van der Waals surface area contributed by atoms with E-state index in [1.54, 1.807) is 0 Å². The summed E-state index contributed by atoms with van der Waals surface area (Å²) in [6.07, 6.45) is 3.72. The molecule has 2 unspecified atom stereocenters. The van der Waals surface area contributed by atoms with Gasteiger partial charge in [0, 0.05) is 25.7 Å². The number of piperidine rings is 1. The zero-order valence-electron chi connectivity index (χ0n) is 11.3. The molecule has 0 aromatic carbocycles. The number of rotatable bonds is 3. The summed E-state index contributed by atoms with van der Waals surface area (Å²) >= 11 is 0. The Hall–Kier alpha value is -0.810. The Balaban J connectivity index is 1.73. The molecule has 2 atom stereocenters. The summed E-state index contributed by atoms with van der Waals surface area (Å²) in [6, 6.07) is 0.495. The fourth-order valence-electron chi connectivity index (χ4n) is 2.82. The Morgan fingerprint density at radius 2 is 2.22 bits per heavy atom. The Morgan fingerprint density at radius 1 is 1.44 bits per heavy atom. The van der Waals surface area contributed by atoms with Crippen LogP contribution in [0.5, 0.6) is 0 Å². The largest absolute Gasteiger partial charge is 0.378 e. The topological polar surface area (TPSA) is 53.6 Å². The third-order valence-electron chi connectivity index (χ3n) is 4.02. The van der Waals surface area contributed by atoms with Crippen LogP contribution in [-0.2, 0) is 4.74 Å². The molecular weight excluding hydrogens is 230 g/mol. The number of morpholine rings is 1. The molecule has 18 heavy (non-hydrogen) atoms. The molecule has 2 aliphatic heterocycles. The van der Waals surface area contributed by atoms with E-state index in [1.807, 2.05) is 4.90 Å². The van der Waals surface area contributed by atoms with Gasteiger partial charge in [0.25, 0.3) is 0 Å². The normalized spacial score (nSPS) is 29.1. The van der Waals surface area contributed by atoms with E-state index >= 15 is 0 Å². The van der Waals surface area contributed by atoms with Crippen LogP contribution in [0.15, 0.2) is 0 Å². The van der Waals surface area contributed by atoms with Crippen molar-refractivity contribution < 1.29 is 9.53 Å². The molecule has 2 heterocycles. The number of carbonyl (C=O) groups is 1. The first-order valence-corrected chi connectivity index (χ1v) is 7.15. The average molecular weight is 255 g/mol. The molecule has 2 rings (SSSR count). The minimum Gasteiger partial charge on any atom is -0.378 e. The molecule has 2 saturated heterocycles. The van der Waals surface area contributed by atoms with Crippen molar-refractivity contribution in [2.45, 2.75) is 32.2 Å². The van der Waals surface area contributed by atoms with Gasteiger partial charge in [0.2, 0.25) is 0 Å². The second-order valence-electron chi connectivity index (χ2n) is 5.16. The monoisotopic (exact) mass is 255 g/mol. The highest BCUT2D eigenvalue weighted by atomic mass is 16.5. The first kappa shape index (κ1) is 13.6. The number of nitrogens with zero attached hydrogens (tertiary/aromatic N) is 1. The van der Waals surface area contributed by atoms with Crippen LogP contribution in [0.1, 0.15) is 26.2 Å². The van der Waals surface area contributed by atoms with E-state index in [0.29, 0.717) is 38.3 Å². The van der Waals surface area contributed by atoms with Gasteiger partial charge in [-0.1, -0.05) is 13.3 Å².